The topological polar surface area (TPSA) is 61.6 Å². The van der Waals surface area contributed by atoms with Crippen LogP contribution in [0.1, 0.15) is 27.2 Å². The lowest BCUT2D eigenvalue weighted by Crippen LogP contribution is -2.31. The minimum Gasteiger partial charge on any atom is -0.379 e. The van der Waals surface area contributed by atoms with Crippen molar-refractivity contribution in [1.82, 2.24) is 0 Å². The molecule has 0 heterocycles. The first kappa shape index (κ1) is 12.4. The largest absolute Gasteiger partial charge is 0.379 e. The molecule has 1 unspecified atom stereocenters. The summed E-state index contributed by atoms with van der Waals surface area (Å²) in [5, 5.41) is 0. The first-order valence-corrected chi connectivity index (χ1v) is 4.35. The molecule has 0 aromatic carbocycles. The van der Waals surface area contributed by atoms with Crippen molar-refractivity contribution in [1.29, 1.82) is 0 Å². The van der Waals surface area contributed by atoms with E-state index in [1.165, 1.54) is 0 Å². The van der Waals surface area contributed by atoms with Crippen molar-refractivity contribution in [3.05, 3.63) is 0 Å². The highest BCUT2D eigenvalue weighted by Gasteiger charge is 2.17. The fourth-order valence-corrected chi connectivity index (χ4v) is 0.666. The summed E-state index contributed by atoms with van der Waals surface area (Å²) in [6.07, 6.45) is 0.217. The van der Waals surface area contributed by atoms with E-state index in [2.05, 4.69) is 0 Å². The van der Waals surface area contributed by atoms with E-state index in [1.807, 2.05) is 13.8 Å². The van der Waals surface area contributed by atoms with E-state index in [9.17, 15) is 4.79 Å². The number of methoxy groups -OCH3 is 1. The Balaban J connectivity index is 3.62. The van der Waals surface area contributed by atoms with Crippen molar-refractivity contribution in [2.45, 2.75) is 38.9 Å². The molecule has 1 amide bonds. The van der Waals surface area contributed by atoms with Gasteiger partial charge < -0.3 is 15.2 Å². The van der Waals surface area contributed by atoms with Crippen molar-refractivity contribution in [2.24, 2.45) is 5.73 Å². The summed E-state index contributed by atoms with van der Waals surface area (Å²) in [5.41, 5.74) is 4.81. The number of primary amides is 1. The quantitative estimate of drug-likeness (QED) is 0.668. The van der Waals surface area contributed by atoms with Gasteiger partial charge in [0.15, 0.2) is 0 Å². The van der Waals surface area contributed by atoms with E-state index >= 15 is 0 Å². The van der Waals surface area contributed by atoms with Gasteiger partial charge in [-0.2, -0.15) is 0 Å². The monoisotopic (exact) mass is 189 g/mol. The summed E-state index contributed by atoms with van der Waals surface area (Å²) in [6.45, 7) is 6.05. The standard InChI is InChI=1S/C9H19NO3/c1-7(8(10)11)13-6-5-9(2,3)12-4/h7H,5-6H2,1-4H3,(H2,10,11). The van der Waals surface area contributed by atoms with Gasteiger partial charge >= 0.3 is 0 Å². The maximum Gasteiger partial charge on any atom is 0.246 e. The zero-order chi connectivity index (χ0) is 10.5. The molecule has 4 heteroatoms. The molecule has 13 heavy (non-hydrogen) atoms. The molecule has 0 spiro atoms. The van der Waals surface area contributed by atoms with E-state index < -0.39 is 12.0 Å². The molecular weight excluding hydrogens is 170 g/mol. The van der Waals surface area contributed by atoms with Gasteiger partial charge in [-0.1, -0.05) is 0 Å². The number of nitrogens with two attached hydrogens (primary N) is 1. The summed E-state index contributed by atoms with van der Waals surface area (Å²) >= 11 is 0. The van der Waals surface area contributed by atoms with Crippen LogP contribution in [0.4, 0.5) is 0 Å². The number of hydrogen-bond acceptors (Lipinski definition) is 3. The molecular formula is C9H19NO3. The fourth-order valence-electron chi connectivity index (χ4n) is 0.666. The van der Waals surface area contributed by atoms with Gasteiger partial charge in [0.1, 0.15) is 6.10 Å². The van der Waals surface area contributed by atoms with Gasteiger partial charge in [-0.05, 0) is 27.2 Å². The first-order valence-electron chi connectivity index (χ1n) is 4.35. The molecule has 0 bridgehead atoms. The third-order valence-electron chi connectivity index (χ3n) is 2.03. The maximum absolute atomic E-state index is 10.6. The van der Waals surface area contributed by atoms with Crippen molar-refractivity contribution in [2.75, 3.05) is 13.7 Å². The van der Waals surface area contributed by atoms with Crippen LogP contribution in [-0.4, -0.2) is 31.3 Å². The Morgan fingerprint density at radius 3 is 2.46 bits per heavy atom. The SMILES string of the molecule is COC(C)(C)CCOC(C)C(N)=O. The van der Waals surface area contributed by atoms with Crippen LogP contribution < -0.4 is 5.73 Å². The zero-order valence-corrected chi connectivity index (χ0v) is 8.79. The van der Waals surface area contributed by atoms with Gasteiger partial charge in [-0.25, -0.2) is 0 Å². The molecule has 2 N–H and O–H groups in total. The van der Waals surface area contributed by atoms with Crippen LogP contribution in [0.2, 0.25) is 0 Å². The fraction of sp³-hybridized carbons (Fsp3) is 0.889. The molecule has 0 aliphatic carbocycles. The maximum atomic E-state index is 10.6. The lowest BCUT2D eigenvalue weighted by molar-refractivity contribution is -0.129. The van der Waals surface area contributed by atoms with E-state index in [1.54, 1.807) is 14.0 Å². The van der Waals surface area contributed by atoms with Crippen LogP contribution in [0.25, 0.3) is 0 Å². The molecule has 78 valence electrons. The summed E-state index contributed by atoms with van der Waals surface area (Å²) in [6, 6.07) is 0. The number of amides is 1. The molecule has 0 radical (unpaired) electrons. The highest BCUT2D eigenvalue weighted by Crippen LogP contribution is 2.12. The van der Waals surface area contributed by atoms with Crippen LogP contribution in [-0.2, 0) is 14.3 Å². The average Bonchev–Trinajstić information content (AvgIpc) is 2.04. The molecule has 0 aliphatic heterocycles. The lowest BCUT2D eigenvalue weighted by atomic mass is 10.1. The second-order valence-electron chi connectivity index (χ2n) is 3.63. The average molecular weight is 189 g/mol. The van der Waals surface area contributed by atoms with Crippen molar-refractivity contribution < 1.29 is 14.3 Å². The predicted octanol–water partition coefficient (Wildman–Crippen LogP) is 0.692. The Morgan fingerprint density at radius 2 is 2.08 bits per heavy atom. The van der Waals surface area contributed by atoms with Gasteiger partial charge in [0, 0.05) is 7.11 Å². The Labute approximate surface area is 79.4 Å². The summed E-state index contributed by atoms with van der Waals surface area (Å²) in [4.78, 5) is 10.6. The Hall–Kier alpha value is -0.610. The van der Waals surface area contributed by atoms with Crippen LogP contribution in [0.15, 0.2) is 0 Å². The highest BCUT2D eigenvalue weighted by atomic mass is 16.5. The zero-order valence-electron chi connectivity index (χ0n) is 8.79. The molecule has 0 fully saturated rings. The third kappa shape index (κ3) is 5.60. The van der Waals surface area contributed by atoms with Gasteiger partial charge in [0.2, 0.25) is 5.91 Å². The minimum atomic E-state index is -0.521. The second-order valence-corrected chi connectivity index (χ2v) is 3.63. The van der Waals surface area contributed by atoms with E-state index in [0.29, 0.717) is 6.61 Å². The number of carbonyl (C=O) groups excluding carboxylic acids is 1. The second kappa shape index (κ2) is 5.19. The van der Waals surface area contributed by atoms with Crippen LogP contribution in [0.5, 0.6) is 0 Å². The number of ether oxygens (including phenoxy) is 2. The highest BCUT2D eigenvalue weighted by molar-refractivity contribution is 5.78. The molecule has 1 atom stereocenters. The van der Waals surface area contributed by atoms with Gasteiger partial charge in [0.05, 0.1) is 12.2 Å². The predicted molar refractivity (Wildman–Crippen MR) is 50.3 cm³/mol. The summed E-state index contributed by atoms with van der Waals surface area (Å²) in [7, 11) is 1.65. The van der Waals surface area contributed by atoms with Crippen LogP contribution in [0.3, 0.4) is 0 Å². The van der Waals surface area contributed by atoms with Gasteiger partial charge in [-0.3, -0.25) is 4.79 Å². The van der Waals surface area contributed by atoms with Crippen molar-refractivity contribution >= 4 is 5.91 Å². The summed E-state index contributed by atoms with van der Waals surface area (Å²) in [5.74, 6) is -0.435. The van der Waals surface area contributed by atoms with Gasteiger partial charge in [0.25, 0.3) is 0 Å². The number of rotatable bonds is 6. The smallest absolute Gasteiger partial charge is 0.246 e. The number of carbonyl (C=O) groups is 1. The van der Waals surface area contributed by atoms with Crippen molar-refractivity contribution in [3.63, 3.8) is 0 Å². The molecule has 0 saturated carbocycles. The van der Waals surface area contributed by atoms with E-state index in [-0.39, 0.29) is 5.60 Å². The molecule has 0 aromatic rings. The molecule has 0 saturated heterocycles. The molecule has 0 aliphatic rings. The minimum absolute atomic E-state index is 0.211. The summed E-state index contributed by atoms with van der Waals surface area (Å²) < 4.78 is 10.4. The Kier molecular flexibility index (Phi) is 4.95. The van der Waals surface area contributed by atoms with Crippen LogP contribution >= 0.6 is 0 Å². The molecule has 4 nitrogen and oxygen atoms in total. The molecule has 0 aromatic heterocycles. The van der Waals surface area contributed by atoms with Gasteiger partial charge in [-0.15, -0.1) is 0 Å². The Bertz CT molecular complexity index is 168. The lowest BCUT2D eigenvalue weighted by Gasteiger charge is -2.23. The third-order valence-corrected chi connectivity index (χ3v) is 2.03. The first-order chi connectivity index (χ1) is 5.89. The van der Waals surface area contributed by atoms with Crippen LogP contribution in [0, 0.1) is 0 Å². The Morgan fingerprint density at radius 1 is 1.54 bits per heavy atom. The van der Waals surface area contributed by atoms with E-state index in [4.69, 9.17) is 15.2 Å². The normalized spacial score (nSPS) is 14.2. The molecule has 0 rings (SSSR count). The number of hydrogen-bond donors (Lipinski definition) is 1. The van der Waals surface area contributed by atoms with E-state index in [0.717, 1.165) is 6.42 Å². The van der Waals surface area contributed by atoms with Crippen molar-refractivity contribution in [3.8, 4) is 0 Å².